The minimum atomic E-state index is -1.38. The van der Waals surface area contributed by atoms with Gasteiger partial charge in [-0.25, -0.2) is 19.6 Å². The lowest BCUT2D eigenvalue weighted by Gasteiger charge is -2.16. The number of Topliss-reactive ketones (excluding diaryl/α,β-unsaturated/α-hetero) is 2. The molecule has 344 valence electrons. The first-order valence-corrected chi connectivity index (χ1v) is 28.5. The van der Waals surface area contributed by atoms with Crippen molar-refractivity contribution >= 4 is 78.6 Å². The molecule has 0 saturated heterocycles. The molecule has 0 aliphatic carbocycles. The number of hydrogen-bond acceptors (Lipinski definition) is 14. The summed E-state index contributed by atoms with van der Waals surface area (Å²) in [5.74, 6) is -0.0384. The number of aromatic nitrogens is 10. The average molecular weight is 984 g/mol. The summed E-state index contributed by atoms with van der Waals surface area (Å²) in [5.41, 5.74) is -0.0322. The SMILES string of the molecule is CC(=O)Cn1c(=O)c2c(nc(-c3ccncc3)n2COCC[Si](C)(C)C)n(C)c1=O.CC(=O)Cn1c(=O)c2c(nc(Br)n2COCC[Si](C)(C)C)n(C)c1=O.OB(O)c1ccncc1. The Morgan fingerprint density at radius 2 is 1.06 bits per heavy atom. The summed E-state index contributed by atoms with van der Waals surface area (Å²) in [6, 6.07) is 8.65. The smallest absolute Gasteiger partial charge is 0.423 e. The molecule has 24 heteroatoms. The number of carbonyl (C=O) groups is 2. The molecule has 6 aromatic heterocycles. The second kappa shape index (κ2) is 22.1. The van der Waals surface area contributed by atoms with Crippen LogP contribution in [-0.4, -0.2) is 105 Å². The Kier molecular flexibility index (Phi) is 17.7. The molecule has 20 nitrogen and oxygen atoms in total. The number of halogens is 1. The Hall–Kier alpha value is -5.24. The largest absolute Gasteiger partial charge is 0.488 e. The van der Waals surface area contributed by atoms with Crippen LogP contribution in [-0.2, 0) is 59.7 Å². The lowest BCUT2D eigenvalue weighted by Crippen LogP contribution is -2.41. The Morgan fingerprint density at radius 3 is 1.47 bits per heavy atom. The number of hydrogen-bond donors (Lipinski definition) is 2. The quantitative estimate of drug-likeness (QED) is 0.0803. The first-order chi connectivity index (χ1) is 29.9. The number of ether oxygens (including phenoxy) is 2. The number of fused-ring (bicyclic) bond motifs is 2. The number of pyridine rings is 2. The molecule has 0 radical (unpaired) electrons. The van der Waals surface area contributed by atoms with Gasteiger partial charge in [-0.1, -0.05) is 39.3 Å². The molecule has 0 unspecified atom stereocenters. The monoisotopic (exact) mass is 982 g/mol. The maximum absolute atomic E-state index is 13.2. The zero-order chi connectivity index (χ0) is 47.7. The van der Waals surface area contributed by atoms with Crippen molar-refractivity contribution in [2.75, 3.05) is 13.2 Å². The van der Waals surface area contributed by atoms with Crippen molar-refractivity contribution in [2.45, 2.75) is 91.8 Å². The lowest BCUT2D eigenvalue weighted by molar-refractivity contribution is -0.118. The second-order valence-electron chi connectivity index (χ2n) is 17.5. The molecule has 0 aliphatic heterocycles. The van der Waals surface area contributed by atoms with Crippen LogP contribution in [0.3, 0.4) is 0 Å². The van der Waals surface area contributed by atoms with E-state index in [1.807, 2.05) is 0 Å². The summed E-state index contributed by atoms with van der Waals surface area (Å²) in [6.07, 6.45) is 6.29. The van der Waals surface area contributed by atoms with E-state index >= 15 is 0 Å². The van der Waals surface area contributed by atoms with Gasteiger partial charge in [-0.05, 0) is 71.6 Å². The van der Waals surface area contributed by atoms with Crippen LogP contribution in [0.1, 0.15) is 13.8 Å². The predicted molar refractivity (Wildman–Crippen MR) is 253 cm³/mol. The molecule has 64 heavy (non-hydrogen) atoms. The van der Waals surface area contributed by atoms with Gasteiger partial charge >= 0.3 is 18.5 Å². The molecule has 0 bridgehead atoms. The maximum atomic E-state index is 13.2. The van der Waals surface area contributed by atoms with Crippen LogP contribution in [0.5, 0.6) is 0 Å². The topological polar surface area (TPSA) is 242 Å². The van der Waals surface area contributed by atoms with Crippen molar-refractivity contribution in [3.63, 3.8) is 0 Å². The number of aryl methyl sites for hydroxylation is 2. The second-order valence-corrected chi connectivity index (χ2v) is 29.4. The van der Waals surface area contributed by atoms with Crippen LogP contribution in [0.4, 0.5) is 0 Å². The third kappa shape index (κ3) is 13.4. The summed E-state index contributed by atoms with van der Waals surface area (Å²) >= 11 is 3.32. The molecule has 0 amide bonds. The highest BCUT2D eigenvalue weighted by molar-refractivity contribution is 9.10. The summed E-state index contributed by atoms with van der Waals surface area (Å²) < 4.78 is 19.7. The normalized spacial score (nSPS) is 11.6. The van der Waals surface area contributed by atoms with Gasteiger partial charge in [-0.15, -0.1) is 0 Å². The van der Waals surface area contributed by atoms with Crippen LogP contribution in [0.25, 0.3) is 33.7 Å². The molecule has 0 fully saturated rings. The fourth-order valence-electron chi connectivity index (χ4n) is 6.01. The number of ketones is 2. The van der Waals surface area contributed by atoms with E-state index < -0.39 is 45.8 Å². The van der Waals surface area contributed by atoms with Gasteiger partial charge in [0, 0.05) is 73.8 Å². The van der Waals surface area contributed by atoms with E-state index in [-0.39, 0.29) is 60.4 Å². The highest BCUT2D eigenvalue weighted by Gasteiger charge is 2.23. The van der Waals surface area contributed by atoms with E-state index in [4.69, 9.17) is 19.5 Å². The molecule has 2 N–H and O–H groups in total. The zero-order valence-electron chi connectivity index (χ0n) is 37.9. The summed E-state index contributed by atoms with van der Waals surface area (Å²) in [7, 11) is -0.799. The molecule has 6 heterocycles. The Morgan fingerprint density at radius 1 is 0.656 bits per heavy atom. The van der Waals surface area contributed by atoms with Crippen LogP contribution in [0, 0.1) is 0 Å². The van der Waals surface area contributed by atoms with Crippen molar-refractivity contribution in [1.29, 1.82) is 0 Å². The summed E-state index contributed by atoms with van der Waals surface area (Å²) in [4.78, 5) is 90.5. The molecule has 0 atom stereocenters. The average Bonchev–Trinajstić information content (AvgIpc) is 3.78. The standard InChI is InChI=1S/C20H27N5O4Si.C15H23BrN4O4Si.C5H6BNO2/c1-14(26)12-24-19(27)16-18(23(2)20(24)28)22-17(15-6-8-21-9-7-15)25(16)13-29-10-11-30(3,4)5;1-10(21)8-19-13(22)11-12(18(2)15(19)23)17-14(16)20(11)9-24-6-7-25(3,4)5;8-6(9)5-1-3-7-4-2-5/h6-9H,10-13H2,1-5H3;6-9H2,1-5H3;1-4,8-9H. The molecule has 0 spiro atoms. The van der Waals surface area contributed by atoms with Gasteiger partial charge in [0.2, 0.25) is 0 Å². The van der Waals surface area contributed by atoms with Gasteiger partial charge in [-0.3, -0.25) is 56.5 Å². The van der Waals surface area contributed by atoms with Crippen molar-refractivity contribution < 1.29 is 29.1 Å². The highest BCUT2D eigenvalue weighted by Crippen LogP contribution is 2.23. The fraction of sp³-hybridized carbons (Fsp3) is 0.450. The van der Waals surface area contributed by atoms with E-state index in [1.54, 1.807) is 52.8 Å². The number of imidazole rings is 2. The van der Waals surface area contributed by atoms with Crippen LogP contribution >= 0.6 is 15.9 Å². The van der Waals surface area contributed by atoms with Crippen molar-refractivity contribution in [2.24, 2.45) is 14.1 Å². The lowest BCUT2D eigenvalue weighted by atomic mass is 9.81. The minimum absolute atomic E-state index is 0.117. The first kappa shape index (κ1) is 51.4. The number of carbonyl (C=O) groups excluding carboxylic acids is 2. The van der Waals surface area contributed by atoms with Gasteiger partial charge in [0.25, 0.3) is 11.1 Å². The summed E-state index contributed by atoms with van der Waals surface area (Å²) in [5, 5.41) is 17.1. The number of rotatable bonds is 16. The zero-order valence-corrected chi connectivity index (χ0v) is 41.4. The molecule has 0 aromatic carbocycles. The van der Waals surface area contributed by atoms with E-state index in [1.165, 1.54) is 42.4 Å². The minimum Gasteiger partial charge on any atom is -0.423 e. The van der Waals surface area contributed by atoms with E-state index in [0.29, 0.717) is 29.2 Å². The van der Waals surface area contributed by atoms with Gasteiger partial charge in [0.15, 0.2) is 27.1 Å². The third-order valence-electron chi connectivity index (χ3n) is 9.56. The number of nitrogens with zero attached hydrogens (tertiary/aromatic N) is 10. The Labute approximate surface area is 379 Å². The van der Waals surface area contributed by atoms with Gasteiger partial charge in [-0.2, -0.15) is 0 Å². The molecular weight excluding hydrogens is 927 g/mol. The van der Waals surface area contributed by atoms with Gasteiger partial charge < -0.3 is 19.5 Å². The predicted octanol–water partition coefficient (Wildman–Crippen LogP) is 2.18. The molecule has 0 saturated carbocycles. The van der Waals surface area contributed by atoms with Crippen LogP contribution < -0.4 is 28.0 Å². The third-order valence-corrected chi connectivity index (χ3v) is 13.6. The van der Waals surface area contributed by atoms with Gasteiger partial charge in [0.05, 0.1) is 13.1 Å². The Bertz CT molecular complexity index is 2830. The van der Waals surface area contributed by atoms with Crippen LogP contribution in [0.2, 0.25) is 51.4 Å². The molecule has 0 aliphatic rings. The molecular formula is C40H56BBrN10O10Si2. The Balaban J connectivity index is 0.000000237. The molecule has 6 rings (SSSR count). The fourth-order valence-corrected chi connectivity index (χ4v) is 7.97. The molecule has 6 aromatic rings. The van der Waals surface area contributed by atoms with E-state index in [0.717, 1.165) is 26.8 Å². The van der Waals surface area contributed by atoms with Gasteiger partial charge in [0.1, 0.15) is 30.9 Å². The first-order valence-electron chi connectivity index (χ1n) is 20.3. The maximum Gasteiger partial charge on any atom is 0.488 e. The van der Waals surface area contributed by atoms with Crippen LogP contribution in [0.15, 0.2) is 73.0 Å². The van der Waals surface area contributed by atoms with E-state index in [9.17, 15) is 28.8 Å². The van der Waals surface area contributed by atoms with Crippen molar-refractivity contribution in [3.8, 4) is 11.4 Å². The van der Waals surface area contributed by atoms with E-state index in [2.05, 4.69) is 75.1 Å². The van der Waals surface area contributed by atoms with Crippen molar-refractivity contribution in [3.05, 3.63) is 95.5 Å². The van der Waals surface area contributed by atoms with Crippen molar-refractivity contribution in [1.82, 2.24) is 47.3 Å². The highest BCUT2D eigenvalue weighted by atomic mass is 79.9. The summed E-state index contributed by atoms with van der Waals surface area (Å²) in [6.45, 7) is 17.1.